The summed E-state index contributed by atoms with van der Waals surface area (Å²) < 4.78 is 5.44. The molecule has 2 amide bonds. The number of hydrogen-bond acceptors (Lipinski definition) is 4. The maximum absolute atomic E-state index is 13.3. The number of rotatable bonds is 5. The lowest BCUT2D eigenvalue weighted by molar-refractivity contribution is -0.126. The zero-order valence-corrected chi connectivity index (χ0v) is 17.0. The van der Waals surface area contributed by atoms with Crippen LogP contribution in [0.1, 0.15) is 28.9 Å². The van der Waals surface area contributed by atoms with Crippen LogP contribution in [0.3, 0.4) is 0 Å². The molecule has 1 atom stereocenters. The van der Waals surface area contributed by atoms with Gasteiger partial charge < -0.3 is 15.0 Å². The number of nitrogens with one attached hydrogen (secondary N) is 1. The van der Waals surface area contributed by atoms with Crippen molar-refractivity contribution in [2.45, 2.75) is 19.4 Å². The molecule has 1 aliphatic rings. The molecule has 2 heterocycles. The Hall–Kier alpha value is -3.41. The van der Waals surface area contributed by atoms with Gasteiger partial charge in [-0.2, -0.15) is 0 Å². The van der Waals surface area contributed by atoms with Gasteiger partial charge in [-0.1, -0.05) is 30.3 Å². The second-order valence-corrected chi connectivity index (χ2v) is 7.49. The van der Waals surface area contributed by atoms with Gasteiger partial charge in [0.05, 0.1) is 25.3 Å². The van der Waals surface area contributed by atoms with Crippen LogP contribution < -0.4 is 10.1 Å². The van der Waals surface area contributed by atoms with Crippen molar-refractivity contribution in [3.8, 4) is 5.75 Å². The highest BCUT2D eigenvalue weighted by atomic mass is 16.5. The number of hydrogen-bond donors (Lipinski definition) is 1. The molecule has 6 nitrogen and oxygen atoms in total. The number of piperidine rings is 1. The van der Waals surface area contributed by atoms with Crippen LogP contribution in [-0.2, 0) is 11.3 Å². The van der Waals surface area contributed by atoms with Gasteiger partial charge in [-0.15, -0.1) is 0 Å². The average Bonchev–Trinajstić information content (AvgIpc) is 2.82. The first kappa shape index (κ1) is 19.9. The number of carbonyl (C=O) groups excluding carboxylic acids is 2. The monoisotopic (exact) mass is 403 g/mol. The van der Waals surface area contributed by atoms with Crippen LogP contribution in [0, 0.1) is 5.92 Å². The van der Waals surface area contributed by atoms with Crippen LogP contribution in [0.4, 0.5) is 0 Å². The van der Waals surface area contributed by atoms with Crippen molar-refractivity contribution in [3.05, 3.63) is 72.1 Å². The summed E-state index contributed by atoms with van der Waals surface area (Å²) in [5, 5.41) is 4.73. The van der Waals surface area contributed by atoms with Gasteiger partial charge in [0.2, 0.25) is 5.91 Å². The molecule has 1 aromatic heterocycles. The van der Waals surface area contributed by atoms with Crippen LogP contribution in [0.2, 0.25) is 0 Å². The molecule has 1 fully saturated rings. The summed E-state index contributed by atoms with van der Waals surface area (Å²) in [5.41, 5.74) is 1.46. The molecule has 30 heavy (non-hydrogen) atoms. The third-order valence-electron chi connectivity index (χ3n) is 5.58. The quantitative estimate of drug-likeness (QED) is 0.709. The molecule has 1 N–H and O–H groups in total. The molecule has 0 aliphatic carbocycles. The van der Waals surface area contributed by atoms with Crippen molar-refractivity contribution in [1.29, 1.82) is 0 Å². The van der Waals surface area contributed by atoms with Crippen LogP contribution in [0.25, 0.3) is 10.8 Å². The Morgan fingerprint density at radius 2 is 1.90 bits per heavy atom. The Balaban J connectivity index is 1.47. The summed E-state index contributed by atoms with van der Waals surface area (Å²) in [4.78, 5) is 32.0. The second-order valence-electron chi connectivity index (χ2n) is 7.49. The van der Waals surface area contributed by atoms with Gasteiger partial charge in [0.25, 0.3) is 5.91 Å². The fourth-order valence-corrected chi connectivity index (χ4v) is 4.01. The Morgan fingerprint density at radius 3 is 2.67 bits per heavy atom. The van der Waals surface area contributed by atoms with Gasteiger partial charge in [-0.25, -0.2) is 0 Å². The van der Waals surface area contributed by atoms with E-state index >= 15 is 0 Å². The van der Waals surface area contributed by atoms with Crippen LogP contribution in [0.5, 0.6) is 5.75 Å². The first-order chi connectivity index (χ1) is 14.7. The minimum atomic E-state index is -0.212. The summed E-state index contributed by atoms with van der Waals surface area (Å²) in [7, 11) is 1.63. The molecule has 154 valence electrons. The van der Waals surface area contributed by atoms with E-state index in [2.05, 4.69) is 10.3 Å². The van der Waals surface area contributed by atoms with Gasteiger partial charge in [-0.05, 0) is 42.5 Å². The molecular weight excluding hydrogens is 378 g/mol. The number of ether oxygens (including phenoxy) is 1. The van der Waals surface area contributed by atoms with E-state index in [0.717, 1.165) is 35.1 Å². The van der Waals surface area contributed by atoms with E-state index in [1.54, 1.807) is 18.2 Å². The second kappa shape index (κ2) is 8.95. The Morgan fingerprint density at radius 1 is 1.10 bits per heavy atom. The largest absolute Gasteiger partial charge is 0.496 e. The van der Waals surface area contributed by atoms with Gasteiger partial charge in [0, 0.05) is 30.2 Å². The first-order valence-electron chi connectivity index (χ1n) is 10.2. The van der Waals surface area contributed by atoms with Gasteiger partial charge in [0.1, 0.15) is 5.75 Å². The number of pyridine rings is 1. The lowest BCUT2D eigenvalue weighted by Gasteiger charge is -2.32. The molecule has 1 unspecified atom stereocenters. The molecule has 0 radical (unpaired) electrons. The van der Waals surface area contributed by atoms with Crippen molar-refractivity contribution in [2.75, 3.05) is 20.2 Å². The van der Waals surface area contributed by atoms with E-state index in [1.165, 1.54) is 0 Å². The topological polar surface area (TPSA) is 71.5 Å². The lowest BCUT2D eigenvalue weighted by atomic mass is 9.95. The molecular formula is C24H25N3O3. The Bertz CT molecular complexity index is 1050. The van der Waals surface area contributed by atoms with E-state index in [0.29, 0.717) is 25.2 Å². The van der Waals surface area contributed by atoms with Gasteiger partial charge >= 0.3 is 0 Å². The minimum Gasteiger partial charge on any atom is -0.496 e. The normalized spacial score (nSPS) is 16.3. The summed E-state index contributed by atoms with van der Waals surface area (Å²) in [6, 6.07) is 17.0. The molecule has 4 rings (SSSR count). The maximum atomic E-state index is 13.3. The molecule has 0 saturated carbocycles. The number of carbonyl (C=O) groups is 2. The molecule has 6 heteroatoms. The average molecular weight is 403 g/mol. The number of nitrogens with zero attached hydrogens (tertiary/aromatic N) is 2. The summed E-state index contributed by atoms with van der Waals surface area (Å²) >= 11 is 0. The van der Waals surface area contributed by atoms with E-state index in [9.17, 15) is 9.59 Å². The SMILES string of the molecule is COc1ccc(C(=O)N2CCCC(C(=O)NCc3ccccn3)C2)c2ccccc12. The highest BCUT2D eigenvalue weighted by Gasteiger charge is 2.29. The van der Waals surface area contributed by atoms with Crippen LogP contribution >= 0.6 is 0 Å². The molecule has 3 aromatic rings. The molecule has 1 aliphatic heterocycles. The number of fused-ring (bicyclic) bond motifs is 1. The van der Waals surface area contributed by atoms with E-state index in [-0.39, 0.29) is 17.7 Å². The van der Waals surface area contributed by atoms with Crippen molar-refractivity contribution in [2.24, 2.45) is 5.92 Å². The standard InChI is InChI=1S/C24H25N3O3/c1-30-22-12-11-21(19-9-2-3-10-20(19)22)24(29)27-14-6-7-17(16-27)23(28)26-15-18-8-4-5-13-25-18/h2-5,8-13,17H,6-7,14-16H2,1H3,(H,26,28). The van der Waals surface area contributed by atoms with Crippen LogP contribution in [-0.4, -0.2) is 41.9 Å². The molecule has 2 aromatic carbocycles. The number of likely N-dealkylation sites (tertiary alicyclic amines) is 1. The fraction of sp³-hybridized carbons (Fsp3) is 0.292. The minimum absolute atomic E-state index is 0.0299. The third kappa shape index (κ3) is 4.13. The van der Waals surface area contributed by atoms with Crippen molar-refractivity contribution in [1.82, 2.24) is 15.2 Å². The number of methoxy groups -OCH3 is 1. The van der Waals surface area contributed by atoms with Crippen molar-refractivity contribution < 1.29 is 14.3 Å². The number of benzene rings is 2. The smallest absolute Gasteiger partial charge is 0.254 e. The number of aromatic nitrogens is 1. The lowest BCUT2D eigenvalue weighted by Crippen LogP contribution is -2.45. The van der Waals surface area contributed by atoms with E-state index in [4.69, 9.17) is 4.74 Å². The highest BCUT2D eigenvalue weighted by Crippen LogP contribution is 2.30. The van der Waals surface area contributed by atoms with Crippen LogP contribution in [0.15, 0.2) is 60.8 Å². The molecule has 0 bridgehead atoms. The van der Waals surface area contributed by atoms with E-state index < -0.39 is 0 Å². The van der Waals surface area contributed by atoms with E-state index in [1.807, 2.05) is 54.6 Å². The highest BCUT2D eigenvalue weighted by molar-refractivity contribution is 6.08. The van der Waals surface area contributed by atoms with Gasteiger partial charge in [0.15, 0.2) is 0 Å². The maximum Gasteiger partial charge on any atom is 0.254 e. The number of amides is 2. The first-order valence-corrected chi connectivity index (χ1v) is 10.2. The Kier molecular flexibility index (Phi) is 5.93. The third-order valence-corrected chi connectivity index (χ3v) is 5.58. The summed E-state index contributed by atoms with van der Waals surface area (Å²) in [6.45, 7) is 1.48. The Labute approximate surface area is 175 Å². The summed E-state index contributed by atoms with van der Waals surface area (Å²) in [6.07, 6.45) is 3.30. The zero-order chi connectivity index (χ0) is 20.9. The van der Waals surface area contributed by atoms with Gasteiger partial charge in [-0.3, -0.25) is 14.6 Å². The predicted octanol–water partition coefficient (Wildman–Crippen LogP) is 3.41. The fourth-order valence-electron chi connectivity index (χ4n) is 4.01. The predicted molar refractivity (Wildman–Crippen MR) is 115 cm³/mol. The van der Waals surface area contributed by atoms with Crippen molar-refractivity contribution in [3.63, 3.8) is 0 Å². The zero-order valence-electron chi connectivity index (χ0n) is 17.0. The summed E-state index contributed by atoms with van der Waals surface area (Å²) in [5.74, 6) is 0.456. The molecule has 0 spiro atoms. The molecule has 1 saturated heterocycles. The van der Waals surface area contributed by atoms with Crippen molar-refractivity contribution >= 4 is 22.6 Å².